The minimum Gasteiger partial charge on any atom is -0.409 e. The Morgan fingerprint density at radius 3 is 2.81 bits per heavy atom. The third-order valence-corrected chi connectivity index (χ3v) is 2.55. The maximum atomic E-state index is 8.72. The highest BCUT2D eigenvalue weighted by Crippen LogP contribution is 2.23. The first-order valence-corrected chi connectivity index (χ1v) is 5.46. The molecule has 3 N–H and O–H groups in total. The van der Waals surface area contributed by atoms with Crippen molar-refractivity contribution in [3.8, 4) is 0 Å². The molecule has 0 amide bonds. The van der Waals surface area contributed by atoms with Crippen LogP contribution in [0.1, 0.15) is 18.9 Å². The zero-order valence-corrected chi connectivity index (χ0v) is 10.2. The van der Waals surface area contributed by atoms with Crippen LogP contribution in [0, 0.1) is 0 Å². The second-order valence-electron chi connectivity index (χ2n) is 3.57. The number of anilines is 1. The van der Waals surface area contributed by atoms with Gasteiger partial charge in [0.05, 0.1) is 0 Å². The van der Waals surface area contributed by atoms with Crippen LogP contribution < -0.4 is 10.6 Å². The Kier molecular flexibility index (Phi) is 4.43. The van der Waals surface area contributed by atoms with Gasteiger partial charge < -0.3 is 15.8 Å². The van der Waals surface area contributed by atoms with Crippen molar-refractivity contribution in [2.45, 2.75) is 13.3 Å². The summed E-state index contributed by atoms with van der Waals surface area (Å²) in [6.07, 6.45) is 1.02. The summed E-state index contributed by atoms with van der Waals surface area (Å²) in [7, 11) is 1.96. The summed E-state index contributed by atoms with van der Waals surface area (Å²) in [5.41, 5.74) is 7.16. The molecule has 0 saturated carbocycles. The third-order valence-electron chi connectivity index (χ3n) is 2.31. The molecule has 0 atom stereocenters. The fraction of sp³-hybridized carbons (Fsp3) is 0.364. The number of amidine groups is 1. The highest BCUT2D eigenvalue weighted by Gasteiger charge is 2.11. The Balaban J connectivity index is 3.17. The molecule has 0 aromatic heterocycles. The molecule has 0 bridgehead atoms. The Hall–Kier alpha value is -1.42. The molecule has 0 aliphatic carbocycles. The summed E-state index contributed by atoms with van der Waals surface area (Å²) in [6.45, 7) is 2.99. The SMILES string of the molecule is CCCN(C)c1ccc(Cl)cc1C(N)=NO. The van der Waals surface area contributed by atoms with Crippen molar-refractivity contribution in [1.82, 2.24) is 0 Å². The quantitative estimate of drug-likeness (QED) is 0.368. The molecule has 0 unspecified atom stereocenters. The number of nitrogens with two attached hydrogens (primary N) is 1. The van der Waals surface area contributed by atoms with Gasteiger partial charge >= 0.3 is 0 Å². The Labute approximate surface area is 100 Å². The highest BCUT2D eigenvalue weighted by atomic mass is 35.5. The molecule has 5 heteroatoms. The Bertz CT molecular complexity index is 393. The molecular weight excluding hydrogens is 226 g/mol. The smallest absolute Gasteiger partial charge is 0.172 e. The van der Waals surface area contributed by atoms with Crippen LogP contribution in [0.15, 0.2) is 23.4 Å². The van der Waals surface area contributed by atoms with Crippen LogP contribution in [-0.4, -0.2) is 24.6 Å². The van der Waals surface area contributed by atoms with Gasteiger partial charge in [0, 0.05) is 29.9 Å². The van der Waals surface area contributed by atoms with Crippen LogP contribution in [0.4, 0.5) is 5.69 Å². The molecule has 0 aliphatic heterocycles. The van der Waals surface area contributed by atoms with Gasteiger partial charge in [-0.25, -0.2) is 0 Å². The van der Waals surface area contributed by atoms with Crippen LogP contribution in [0.5, 0.6) is 0 Å². The molecular formula is C11H16ClN3O. The minimum atomic E-state index is 0.0699. The lowest BCUT2D eigenvalue weighted by molar-refractivity contribution is 0.318. The van der Waals surface area contributed by atoms with Gasteiger partial charge in [0.15, 0.2) is 5.84 Å². The van der Waals surface area contributed by atoms with Gasteiger partial charge in [-0.1, -0.05) is 23.7 Å². The molecule has 0 aliphatic rings. The number of oxime groups is 1. The average molecular weight is 242 g/mol. The van der Waals surface area contributed by atoms with Gasteiger partial charge in [-0.05, 0) is 24.6 Å². The number of rotatable bonds is 4. The van der Waals surface area contributed by atoms with Crippen LogP contribution >= 0.6 is 11.6 Å². The summed E-state index contributed by atoms with van der Waals surface area (Å²) in [5.74, 6) is 0.0699. The summed E-state index contributed by atoms with van der Waals surface area (Å²) in [5, 5.41) is 12.3. The molecule has 16 heavy (non-hydrogen) atoms. The fourth-order valence-electron chi connectivity index (χ4n) is 1.56. The zero-order chi connectivity index (χ0) is 12.1. The molecule has 0 fully saturated rings. The summed E-state index contributed by atoms with van der Waals surface area (Å²) in [6, 6.07) is 5.35. The van der Waals surface area contributed by atoms with Gasteiger partial charge in [0.25, 0.3) is 0 Å². The normalized spacial score (nSPS) is 11.6. The first-order valence-electron chi connectivity index (χ1n) is 5.08. The predicted octanol–water partition coefficient (Wildman–Crippen LogP) is 2.28. The van der Waals surface area contributed by atoms with Crippen molar-refractivity contribution in [2.75, 3.05) is 18.5 Å². The van der Waals surface area contributed by atoms with E-state index in [-0.39, 0.29) is 5.84 Å². The molecule has 0 heterocycles. The van der Waals surface area contributed by atoms with Gasteiger partial charge in [-0.3, -0.25) is 0 Å². The maximum absolute atomic E-state index is 8.72. The first-order chi connectivity index (χ1) is 7.60. The minimum absolute atomic E-state index is 0.0699. The van der Waals surface area contributed by atoms with Crippen molar-refractivity contribution in [3.05, 3.63) is 28.8 Å². The van der Waals surface area contributed by atoms with E-state index in [1.165, 1.54) is 0 Å². The van der Waals surface area contributed by atoms with Gasteiger partial charge in [0.1, 0.15) is 0 Å². The second-order valence-corrected chi connectivity index (χ2v) is 4.00. The third kappa shape index (κ3) is 2.79. The molecule has 1 rings (SSSR count). The Morgan fingerprint density at radius 2 is 2.25 bits per heavy atom. The molecule has 0 saturated heterocycles. The first kappa shape index (κ1) is 12.6. The zero-order valence-electron chi connectivity index (χ0n) is 9.44. The van der Waals surface area contributed by atoms with E-state index in [2.05, 4.69) is 12.1 Å². The Morgan fingerprint density at radius 1 is 1.56 bits per heavy atom. The molecule has 1 aromatic rings. The lowest BCUT2D eigenvalue weighted by Gasteiger charge is -2.21. The maximum Gasteiger partial charge on any atom is 0.172 e. The van der Waals surface area contributed by atoms with Crippen LogP contribution in [0.25, 0.3) is 0 Å². The van der Waals surface area contributed by atoms with Crippen LogP contribution in [0.2, 0.25) is 5.02 Å². The monoisotopic (exact) mass is 241 g/mol. The van der Waals surface area contributed by atoms with E-state index in [1.807, 2.05) is 18.0 Å². The van der Waals surface area contributed by atoms with E-state index in [0.29, 0.717) is 10.6 Å². The number of halogens is 1. The number of hydrogen-bond acceptors (Lipinski definition) is 3. The topological polar surface area (TPSA) is 61.8 Å². The van der Waals surface area contributed by atoms with Crippen LogP contribution in [0.3, 0.4) is 0 Å². The predicted molar refractivity (Wildman–Crippen MR) is 67.5 cm³/mol. The number of hydrogen-bond donors (Lipinski definition) is 2. The van der Waals surface area contributed by atoms with E-state index in [4.69, 9.17) is 22.5 Å². The molecule has 1 aromatic carbocycles. The number of nitrogens with zero attached hydrogens (tertiary/aromatic N) is 2. The van der Waals surface area contributed by atoms with Crippen molar-refractivity contribution < 1.29 is 5.21 Å². The second kappa shape index (κ2) is 5.61. The summed E-state index contributed by atoms with van der Waals surface area (Å²) >= 11 is 5.89. The van der Waals surface area contributed by atoms with Gasteiger partial charge in [0.2, 0.25) is 0 Å². The molecule has 88 valence electrons. The average Bonchev–Trinajstić information content (AvgIpc) is 2.28. The van der Waals surface area contributed by atoms with Gasteiger partial charge in [-0.15, -0.1) is 0 Å². The van der Waals surface area contributed by atoms with E-state index >= 15 is 0 Å². The van der Waals surface area contributed by atoms with Crippen molar-refractivity contribution in [3.63, 3.8) is 0 Å². The molecule has 0 spiro atoms. The summed E-state index contributed by atoms with van der Waals surface area (Å²) < 4.78 is 0. The fourth-order valence-corrected chi connectivity index (χ4v) is 1.73. The van der Waals surface area contributed by atoms with Crippen molar-refractivity contribution in [1.29, 1.82) is 0 Å². The van der Waals surface area contributed by atoms with Crippen molar-refractivity contribution in [2.24, 2.45) is 10.9 Å². The van der Waals surface area contributed by atoms with E-state index in [0.717, 1.165) is 18.7 Å². The largest absolute Gasteiger partial charge is 0.409 e. The standard InChI is InChI=1S/C11H16ClN3O/c1-3-6-15(2)10-5-4-8(12)7-9(10)11(13)14-16/h4-5,7,16H,3,6H2,1-2H3,(H2,13,14). The van der Waals surface area contributed by atoms with E-state index in [9.17, 15) is 0 Å². The highest BCUT2D eigenvalue weighted by molar-refractivity contribution is 6.31. The molecule has 0 radical (unpaired) electrons. The lowest BCUT2D eigenvalue weighted by atomic mass is 10.1. The van der Waals surface area contributed by atoms with Crippen molar-refractivity contribution >= 4 is 23.1 Å². The lowest BCUT2D eigenvalue weighted by Crippen LogP contribution is -2.23. The number of benzene rings is 1. The van der Waals surface area contributed by atoms with E-state index < -0.39 is 0 Å². The summed E-state index contributed by atoms with van der Waals surface area (Å²) in [4.78, 5) is 2.05. The van der Waals surface area contributed by atoms with E-state index in [1.54, 1.807) is 12.1 Å². The van der Waals surface area contributed by atoms with Gasteiger partial charge in [-0.2, -0.15) is 0 Å². The molecule has 4 nitrogen and oxygen atoms in total. The van der Waals surface area contributed by atoms with Crippen LogP contribution in [-0.2, 0) is 0 Å².